The fraction of sp³-hybridized carbons (Fsp3) is 0.0645. The van der Waals surface area contributed by atoms with E-state index in [1.807, 2.05) is 91.9 Å². The summed E-state index contributed by atoms with van der Waals surface area (Å²) in [6, 6.07) is 33.3. The van der Waals surface area contributed by atoms with Gasteiger partial charge in [0.15, 0.2) is 0 Å². The van der Waals surface area contributed by atoms with Gasteiger partial charge in [-0.15, -0.1) is 0 Å². The number of nitrogens with one attached hydrogen (secondary N) is 3. The monoisotopic (exact) mass is 517 g/mol. The molecule has 0 aliphatic rings. The van der Waals surface area contributed by atoms with Crippen LogP contribution < -0.4 is 25.4 Å². The molecule has 0 aliphatic heterocycles. The maximum Gasteiger partial charge on any atom is 0.255 e. The predicted molar refractivity (Wildman–Crippen MR) is 154 cm³/mol. The molecule has 0 unspecified atom stereocenters. The first-order valence-corrected chi connectivity index (χ1v) is 12.3. The Morgan fingerprint density at radius 2 is 1.26 bits per heavy atom. The molecule has 0 saturated carbocycles. The molecule has 1 aromatic heterocycles. The van der Waals surface area contributed by atoms with Crippen LogP contribution in [0.5, 0.6) is 17.2 Å². The van der Waals surface area contributed by atoms with Gasteiger partial charge in [0.1, 0.15) is 23.1 Å². The lowest BCUT2D eigenvalue weighted by Gasteiger charge is -2.11. The van der Waals surface area contributed by atoms with Crippen LogP contribution in [0.4, 0.5) is 28.8 Å². The van der Waals surface area contributed by atoms with Crippen molar-refractivity contribution in [3.8, 4) is 17.2 Å². The van der Waals surface area contributed by atoms with Crippen LogP contribution in [0.2, 0.25) is 0 Å². The summed E-state index contributed by atoms with van der Waals surface area (Å²) in [5.41, 5.74) is 3.69. The van der Waals surface area contributed by atoms with Gasteiger partial charge in [0, 0.05) is 34.4 Å². The fourth-order valence-corrected chi connectivity index (χ4v) is 3.78. The highest BCUT2D eigenvalue weighted by atomic mass is 16.5. The van der Waals surface area contributed by atoms with Gasteiger partial charge in [0.2, 0.25) is 5.95 Å². The van der Waals surface area contributed by atoms with Crippen molar-refractivity contribution >= 4 is 34.7 Å². The number of methoxy groups -OCH3 is 1. The highest BCUT2D eigenvalue weighted by Crippen LogP contribution is 2.24. The smallest absolute Gasteiger partial charge is 0.255 e. The topological polar surface area (TPSA) is 97.4 Å². The number of hydrogen-bond donors (Lipinski definition) is 3. The second-order valence-electron chi connectivity index (χ2n) is 8.67. The quantitative estimate of drug-likeness (QED) is 0.188. The van der Waals surface area contributed by atoms with E-state index in [9.17, 15) is 4.79 Å². The first-order valence-electron chi connectivity index (χ1n) is 12.3. The molecular formula is C31H27N5O3. The van der Waals surface area contributed by atoms with E-state index in [0.717, 1.165) is 28.6 Å². The van der Waals surface area contributed by atoms with Gasteiger partial charge in [0.05, 0.1) is 7.11 Å². The van der Waals surface area contributed by atoms with Crippen LogP contribution in [-0.4, -0.2) is 23.0 Å². The lowest BCUT2D eigenvalue weighted by Crippen LogP contribution is -2.11. The maximum atomic E-state index is 12.7. The predicted octanol–water partition coefficient (Wildman–Crippen LogP) is 7.33. The SMILES string of the molecule is COc1ccc(Nc2cc(C)nc(Nc3ccc(NC(=O)c4ccc(Oc5ccccc5)cc4)cc3)n2)cc1. The van der Waals surface area contributed by atoms with Gasteiger partial charge in [-0.1, -0.05) is 18.2 Å². The van der Waals surface area contributed by atoms with Gasteiger partial charge in [0.25, 0.3) is 5.91 Å². The molecule has 5 rings (SSSR count). The summed E-state index contributed by atoms with van der Waals surface area (Å²) in [6.45, 7) is 1.91. The van der Waals surface area contributed by atoms with E-state index in [-0.39, 0.29) is 5.91 Å². The van der Waals surface area contributed by atoms with Crippen LogP contribution in [0.3, 0.4) is 0 Å². The van der Waals surface area contributed by atoms with Crippen LogP contribution in [-0.2, 0) is 0 Å². The van der Waals surface area contributed by atoms with Crippen molar-refractivity contribution < 1.29 is 14.3 Å². The number of rotatable bonds is 9. The van der Waals surface area contributed by atoms with E-state index in [2.05, 4.69) is 25.9 Å². The van der Waals surface area contributed by atoms with Crippen LogP contribution >= 0.6 is 0 Å². The molecular weight excluding hydrogens is 490 g/mol. The van der Waals surface area contributed by atoms with Gasteiger partial charge in [-0.05, 0) is 91.9 Å². The number of amides is 1. The fourth-order valence-electron chi connectivity index (χ4n) is 3.78. The minimum atomic E-state index is -0.210. The van der Waals surface area contributed by atoms with Crippen molar-refractivity contribution in [3.05, 3.63) is 120 Å². The molecule has 1 amide bonds. The van der Waals surface area contributed by atoms with Crippen molar-refractivity contribution in [2.45, 2.75) is 6.92 Å². The third kappa shape index (κ3) is 6.90. The Morgan fingerprint density at radius 3 is 1.95 bits per heavy atom. The summed E-state index contributed by atoms with van der Waals surface area (Å²) >= 11 is 0. The molecule has 39 heavy (non-hydrogen) atoms. The minimum Gasteiger partial charge on any atom is -0.497 e. The normalized spacial score (nSPS) is 10.4. The van der Waals surface area contributed by atoms with E-state index < -0.39 is 0 Å². The first kappa shape index (κ1) is 25.3. The number of aryl methyl sites for hydroxylation is 1. The van der Waals surface area contributed by atoms with Gasteiger partial charge in [-0.3, -0.25) is 4.79 Å². The number of para-hydroxylation sites is 1. The van der Waals surface area contributed by atoms with E-state index in [1.54, 1.807) is 31.4 Å². The number of carbonyl (C=O) groups is 1. The van der Waals surface area contributed by atoms with Crippen molar-refractivity contribution in [2.24, 2.45) is 0 Å². The van der Waals surface area contributed by atoms with E-state index in [0.29, 0.717) is 28.8 Å². The Kier molecular flexibility index (Phi) is 7.64. The van der Waals surface area contributed by atoms with E-state index in [1.165, 1.54) is 0 Å². The third-order valence-corrected chi connectivity index (χ3v) is 5.71. The lowest BCUT2D eigenvalue weighted by molar-refractivity contribution is 0.102. The molecule has 1 heterocycles. The number of ether oxygens (including phenoxy) is 2. The lowest BCUT2D eigenvalue weighted by atomic mass is 10.2. The number of carbonyl (C=O) groups excluding carboxylic acids is 1. The highest BCUT2D eigenvalue weighted by Gasteiger charge is 2.08. The summed E-state index contributed by atoms with van der Waals surface area (Å²) in [5, 5.41) is 9.42. The molecule has 8 nitrogen and oxygen atoms in total. The Labute approximate surface area is 226 Å². The average Bonchev–Trinajstić information content (AvgIpc) is 2.95. The van der Waals surface area contributed by atoms with Crippen LogP contribution in [0.1, 0.15) is 16.1 Å². The number of aromatic nitrogens is 2. The van der Waals surface area contributed by atoms with Gasteiger partial charge >= 0.3 is 0 Å². The van der Waals surface area contributed by atoms with Gasteiger partial charge in [-0.25, -0.2) is 4.98 Å². The summed E-state index contributed by atoms with van der Waals surface area (Å²) in [5.74, 6) is 3.10. The Balaban J connectivity index is 1.19. The minimum absolute atomic E-state index is 0.210. The summed E-state index contributed by atoms with van der Waals surface area (Å²) in [6.07, 6.45) is 0. The van der Waals surface area contributed by atoms with Crippen molar-refractivity contribution in [1.29, 1.82) is 0 Å². The molecule has 0 bridgehead atoms. The highest BCUT2D eigenvalue weighted by molar-refractivity contribution is 6.04. The molecule has 3 N–H and O–H groups in total. The largest absolute Gasteiger partial charge is 0.497 e. The Morgan fingerprint density at radius 1 is 0.667 bits per heavy atom. The zero-order valence-electron chi connectivity index (χ0n) is 21.5. The van der Waals surface area contributed by atoms with E-state index >= 15 is 0 Å². The Hall–Kier alpha value is -5.37. The second-order valence-corrected chi connectivity index (χ2v) is 8.67. The number of benzene rings is 4. The zero-order valence-corrected chi connectivity index (χ0v) is 21.5. The summed E-state index contributed by atoms with van der Waals surface area (Å²) < 4.78 is 11.0. The van der Waals surface area contributed by atoms with Gasteiger partial charge in [-0.2, -0.15) is 4.98 Å². The van der Waals surface area contributed by atoms with E-state index in [4.69, 9.17) is 9.47 Å². The molecule has 0 atom stereocenters. The first-order chi connectivity index (χ1) is 19.0. The maximum absolute atomic E-state index is 12.7. The molecule has 194 valence electrons. The molecule has 0 spiro atoms. The van der Waals surface area contributed by atoms with Crippen LogP contribution in [0, 0.1) is 6.92 Å². The molecule has 5 aromatic rings. The summed E-state index contributed by atoms with van der Waals surface area (Å²) in [7, 11) is 1.64. The molecule has 4 aromatic carbocycles. The van der Waals surface area contributed by atoms with Crippen LogP contribution in [0.25, 0.3) is 0 Å². The van der Waals surface area contributed by atoms with Crippen LogP contribution in [0.15, 0.2) is 109 Å². The molecule has 0 aliphatic carbocycles. The second kappa shape index (κ2) is 11.8. The number of anilines is 5. The molecule has 0 saturated heterocycles. The van der Waals surface area contributed by atoms with Crippen molar-refractivity contribution in [1.82, 2.24) is 9.97 Å². The summed E-state index contributed by atoms with van der Waals surface area (Å²) in [4.78, 5) is 21.8. The standard InChI is InChI=1S/C31H27N5O3/c1-21-20-29(33-23-14-18-26(38-2)19-15-23)36-31(32-21)35-25-12-10-24(11-13-25)34-30(37)22-8-16-28(17-9-22)39-27-6-4-3-5-7-27/h3-20H,1-2H3,(H,34,37)(H2,32,33,35,36). The van der Waals surface area contributed by atoms with Gasteiger partial charge < -0.3 is 25.4 Å². The number of nitrogens with zero attached hydrogens (tertiary/aromatic N) is 2. The number of hydrogen-bond acceptors (Lipinski definition) is 7. The zero-order chi connectivity index (χ0) is 27.0. The molecule has 8 heteroatoms. The van der Waals surface area contributed by atoms with Crippen molar-refractivity contribution in [3.63, 3.8) is 0 Å². The third-order valence-electron chi connectivity index (χ3n) is 5.71. The molecule has 0 radical (unpaired) electrons. The molecule has 0 fully saturated rings. The average molecular weight is 518 g/mol. The Bertz CT molecular complexity index is 1540. The van der Waals surface area contributed by atoms with Crippen molar-refractivity contribution in [2.75, 3.05) is 23.1 Å².